The first-order chi connectivity index (χ1) is 9.67. The van der Waals surface area contributed by atoms with Crippen LogP contribution in [0, 0.1) is 5.41 Å². The van der Waals surface area contributed by atoms with E-state index in [1.807, 2.05) is 0 Å². The van der Waals surface area contributed by atoms with Crippen molar-refractivity contribution in [3.8, 4) is 0 Å². The summed E-state index contributed by atoms with van der Waals surface area (Å²) in [5, 5.41) is 8.93. The van der Waals surface area contributed by atoms with Gasteiger partial charge in [0.15, 0.2) is 0 Å². The largest absolute Gasteiger partial charge is 0.478 e. The van der Waals surface area contributed by atoms with E-state index in [0.717, 1.165) is 6.07 Å². The van der Waals surface area contributed by atoms with Crippen molar-refractivity contribution in [2.45, 2.75) is 18.2 Å². The van der Waals surface area contributed by atoms with Crippen LogP contribution in [0.1, 0.15) is 23.7 Å². The van der Waals surface area contributed by atoms with Crippen molar-refractivity contribution in [3.05, 3.63) is 29.8 Å². The molecule has 1 heterocycles. The minimum absolute atomic E-state index is 0.00195. The Morgan fingerprint density at radius 3 is 2.57 bits per heavy atom. The summed E-state index contributed by atoms with van der Waals surface area (Å²) in [7, 11) is -3.84. The molecule has 21 heavy (non-hydrogen) atoms. The molecule has 8 heteroatoms. The van der Waals surface area contributed by atoms with Gasteiger partial charge < -0.3 is 10.8 Å². The van der Waals surface area contributed by atoms with Crippen molar-refractivity contribution in [1.29, 1.82) is 0 Å². The monoisotopic (exact) mass is 312 g/mol. The molecular formula is C13H16N2O5S. The van der Waals surface area contributed by atoms with E-state index in [9.17, 15) is 18.0 Å². The second kappa shape index (κ2) is 5.12. The molecule has 1 aromatic carbocycles. The average Bonchev–Trinajstić information content (AvgIpc) is 2.84. The molecule has 0 spiro atoms. The lowest BCUT2D eigenvalue weighted by Gasteiger charge is -2.21. The molecule has 2 rings (SSSR count). The van der Waals surface area contributed by atoms with Crippen LogP contribution in [-0.2, 0) is 14.8 Å². The molecule has 0 saturated carbocycles. The average molecular weight is 312 g/mol. The molecule has 1 fully saturated rings. The summed E-state index contributed by atoms with van der Waals surface area (Å²) >= 11 is 0. The highest BCUT2D eigenvalue weighted by Crippen LogP contribution is 2.33. The van der Waals surface area contributed by atoms with E-state index in [2.05, 4.69) is 0 Å². The number of carboxylic acid groups (broad SMARTS) is 1. The van der Waals surface area contributed by atoms with Gasteiger partial charge in [-0.2, -0.15) is 4.31 Å². The van der Waals surface area contributed by atoms with Gasteiger partial charge in [0.05, 0.1) is 15.9 Å². The molecule has 1 unspecified atom stereocenters. The number of aromatic carboxylic acids is 1. The zero-order valence-electron chi connectivity index (χ0n) is 11.4. The zero-order chi connectivity index (χ0) is 15.8. The molecule has 0 aromatic heterocycles. The van der Waals surface area contributed by atoms with E-state index in [1.54, 1.807) is 6.92 Å². The summed E-state index contributed by atoms with van der Waals surface area (Å²) in [6, 6.07) is 5.14. The van der Waals surface area contributed by atoms with E-state index < -0.39 is 27.3 Å². The molecule has 1 aliphatic rings. The van der Waals surface area contributed by atoms with Crippen LogP contribution in [0.4, 0.5) is 0 Å². The van der Waals surface area contributed by atoms with Gasteiger partial charge in [0, 0.05) is 13.1 Å². The van der Waals surface area contributed by atoms with Gasteiger partial charge >= 0.3 is 5.97 Å². The van der Waals surface area contributed by atoms with Crippen LogP contribution in [0.15, 0.2) is 29.2 Å². The third kappa shape index (κ3) is 2.77. The number of carbonyl (C=O) groups excluding carboxylic acids is 1. The van der Waals surface area contributed by atoms with Gasteiger partial charge in [0.2, 0.25) is 15.9 Å². The Morgan fingerprint density at radius 2 is 2.05 bits per heavy atom. The van der Waals surface area contributed by atoms with E-state index in [1.165, 1.54) is 22.5 Å². The van der Waals surface area contributed by atoms with Crippen LogP contribution in [0.25, 0.3) is 0 Å². The number of carbonyl (C=O) groups is 2. The van der Waals surface area contributed by atoms with Crippen molar-refractivity contribution < 1.29 is 23.1 Å². The Bertz CT molecular complexity index is 700. The van der Waals surface area contributed by atoms with Gasteiger partial charge in [0.1, 0.15) is 0 Å². The van der Waals surface area contributed by atoms with Gasteiger partial charge in [-0.3, -0.25) is 4.79 Å². The topological polar surface area (TPSA) is 118 Å². The highest BCUT2D eigenvalue weighted by Gasteiger charge is 2.43. The molecular weight excluding hydrogens is 296 g/mol. The Morgan fingerprint density at radius 1 is 1.38 bits per heavy atom. The second-order valence-corrected chi connectivity index (χ2v) is 7.28. The van der Waals surface area contributed by atoms with Crippen molar-refractivity contribution in [1.82, 2.24) is 4.31 Å². The van der Waals surface area contributed by atoms with E-state index in [0.29, 0.717) is 6.42 Å². The molecule has 1 aliphatic heterocycles. The summed E-state index contributed by atoms with van der Waals surface area (Å²) in [5.41, 5.74) is 4.31. The summed E-state index contributed by atoms with van der Waals surface area (Å²) < 4.78 is 26.2. The smallest absolute Gasteiger partial charge is 0.335 e. The second-order valence-electron chi connectivity index (χ2n) is 5.35. The summed E-state index contributed by atoms with van der Waals surface area (Å²) in [6.07, 6.45) is 0.347. The SMILES string of the molecule is CC1(C(N)=O)CCN(S(=O)(=O)c2cccc(C(=O)O)c2)C1. The van der Waals surface area contributed by atoms with Gasteiger partial charge in [-0.05, 0) is 31.5 Å². The molecule has 7 nitrogen and oxygen atoms in total. The number of nitrogens with two attached hydrogens (primary N) is 1. The first-order valence-corrected chi connectivity index (χ1v) is 7.74. The summed E-state index contributed by atoms with van der Waals surface area (Å²) in [5.74, 6) is -1.74. The summed E-state index contributed by atoms with van der Waals surface area (Å²) in [6.45, 7) is 1.81. The lowest BCUT2D eigenvalue weighted by molar-refractivity contribution is -0.126. The minimum Gasteiger partial charge on any atom is -0.478 e. The van der Waals surface area contributed by atoms with E-state index >= 15 is 0 Å². The van der Waals surface area contributed by atoms with Gasteiger partial charge in [0.25, 0.3) is 0 Å². The Labute approximate surface area is 122 Å². The van der Waals surface area contributed by atoms with Crippen molar-refractivity contribution in [3.63, 3.8) is 0 Å². The van der Waals surface area contributed by atoms with Gasteiger partial charge in [-0.15, -0.1) is 0 Å². The number of sulfonamides is 1. The van der Waals surface area contributed by atoms with Crippen molar-refractivity contribution >= 4 is 21.9 Å². The molecule has 1 amide bonds. The third-order valence-corrected chi connectivity index (χ3v) is 5.59. The first-order valence-electron chi connectivity index (χ1n) is 6.30. The molecule has 0 bridgehead atoms. The Kier molecular flexibility index (Phi) is 3.77. The van der Waals surface area contributed by atoms with Crippen LogP contribution in [0.3, 0.4) is 0 Å². The molecule has 0 radical (unpaired) electrons. The van der Waals surface area contributed by atoms with E-state index in [4.69, 9.17) is 10.8 Å². The number of rotatable bonds is 4. The predicted octanol–water partition coefficient (Wildman–Crippen LogP) is 0.271. The number of carboxylic acids is 1. The maximum absolute atomic E-state index is 12.5. The third-order valence-electron chi connectivity index (χ3n) is 3.75. The molecule has 0 aliphatic carbocycles. The summed E-state index contributed by atoms with van der Waals surface area (Å²) in [4.78, 5) is 22.2. The van der Waals surface area contributed by atoms with Crippen LogP contribution in [0.2, 0.25) is 0 Å². The maximum atomic E-state index is 12.5. The standard InChI is InChI=1S/C13H16N2O5S/c1-13(12(14)18)5-6-15(8-13)21(19,20)10-4-2-3-9(7-10)11(16)17/h2-4,7H,5-6,8H2,1H3,(H2,14,18)(H,16,17). The Balaban J connectivity index is 2.34. The van der Waals surface area contributed by atoms with Crippen molar-refractivity contribution in [2.75, 3.05) is 13.1 Å². The number of primary amides is 1. The highest BCUT2D eigenvalue weighted by atomic mass is 32.2. The highest BCUT2D eigenvalue weighted by molar-refractivity contribution is 7.89. The fourth-order valence-corrected chi connectivity index (χ4v) is 3.87. The molecule has 1 aromatic rings. The maximum Gasteiger partial charge on any atom is 0.335 e. The Hall–Kier alpha value is -1.93. The lowest BCUT2D eigenvalue weighted by Crippen LogP contribution is -2.38. The van der Waals surface area contributed by atoms with Crippen LogP contribution in [0.5, 0.6) is 0 Å². The first kappa shape index (κ1) is 15.5. The quantitative estimate of drug-likeness (QED) is 0.827. The predicted molar refractivity (Wildman–Crippen MR) is 74.1 cm³/mol. The number of benzene rings is 1. The number of nitrogens with zero attached hydrogens (tertiary/aromatic N) is 1. The molecule has 1 atom stereocenters. The lowest BCUT2D eigenvalue weighted by atomic mass is 9.89. The normalized spacial score (nSPS) is 23.1. The van der Waals surface area contributed by atoms with Gasteiger partial charge in [-0.1, -0.05) is 6.07 Å². The molecule has 3 N–H and O–H groups in total. The fraction of sp³-hybridized carbons (Fsp3) is 0.385. The number of hydrogen-bond acceptors (Lipinski definition) is 4. The molecule has 1 saturated heterocycles. The molecule has 114 valence electrons. The number of hydrogen-bond donors (Lipinski definition) is 2. The van der Waals surface area contributed by atoms with E-state index in [-0.39, 0.29) is 23.5 Å². The number of amides is 1. The van der Waals surface area contributed by atoms with Crippen LogP contribution in [-0.4, -0.2) is 42.8 Å². The fourth-order valence-electron chi connectivity index (χ4n) is 2.26. The minimum atomic E-state index is -3.84. The zero-order valence-corrected chi connectivity index (χ0v) is 12.3. The van der Waals surface area contributed by atoms with Crippen LogP contribution < -0.4 is 5.73 Å². The van der Waals surface area contributed by atoms with Gasteiger partial charge in [-0.25, -0.2) is 13.2 Å². The van der Waals surface area contributed by atoms with Crippen molar-refractivity contribution in [2.24, 2.45) is 11.1 Å². The van der Waals surface area contributed by atoms with Crippen LogP contribution >= 0.6 is 0 Å².